The monoisotopic (exact) mass is 429 g/mol. The first-order valence-electron chi connectivity index (χ1n) is 10.3. The third-order valence-corrected chi connectivity index (χ3v) is 5.65. The average Bonchev–Trinajstić information content (AvgIpc) is 3.06. The molecule has 2 heterocycles. The minimum Gasteiger partial charge on any atom is -0.365 e. The van der Waals surface area contributed by atoms with E-state index >= 15 is 0 Å². The number of nitrogens with two attached hydrogens (primary N) is 2. The number of carbonyl (C=O) groups is 1. The van der Waals surface area contributed by atoms with Gasteiger partial charge in [-0.1, -0.05) is 12.8 Å². The topological polar surface area (TPSA) is 124 Å². The van der Waals surface area contributed by atoms with E-state index in [-0.39, 0.29) is 29.3 Å². The number of halogens is 2. The van der Waals surface area contributed by atoms with E-state index < -0.39 is 17.7 Å². The molecule has 3 aromatic rings. The molecule has 0 radical (unpaired) electrons. The SMILES string of the molecule is CCn1nc(F)c2ccc(Nc3nc(NC4CCCCC4N)c(F)cc3C(N)=O)cc21. The van der Waals surface area contributed by atoms with Gasteiger partial charge in [-0.2, -0.15) is 4.39 Å². The number of benzene rings is 1. The van der Waals surface area contributed by atoms with Crippen molar-refractivity contribution in [1.29, 1.82) is 0 Å². The van der Waals surface area contributed by atoms with E-state index in [1.54, 1.807) is 18.2 Å². The predicted octanol–water partition coefficient (Wildman–Crippen LogP) is 3.25. The molecular weight excluding hydrogens is 404 g/mol. The normalized spacial score (nSPS) is 18.8. The van der Waals surface area contributed by atoms with Gasteiger partial charge in [0.1, 0.15) is 5.82 Å². The predicted molar refractivity (Wildman–Crippen MR) is 115 cm³/mol. The highest BCUT2D eigenvalue weighted by atomic mass is 19.1. The van der Waals surface area contributed by atoms with E-state index in [4.69, 9.17) is 11.5 Å². The van der Waals surface area contributed by atoms with Crippen molar-refractivity contribution in [3.05, 3.63) is 41.6 Å². The summed E-state index contributed by atoms with van der Waals surface area (Å²) in [5, 5.41) is 10.3. The first-order valence-corrected chi connectivity index (χ1v) is 10.3. The quantitative estimate of drug-likeness (QED) is 0.477. The number of aryl methyl sites for hydroxylation is 1. The third-order valence-electron chi connectivity index (χ3n) is 5.65. The molecule has 2 atom stereocenters. The minimum atomic E-state index is -0.819. The highest BCUT2D eigenvalue weighted by molar-refractivity contribution is 5.99. The van der Waals surface area contributed by atoms with Crippen LogP contribution in [-0.4, -0.2) is 32.8 Å². The van der Waals surface area contributed by atoms with Gasteiger partial charge in [0, 0.05) is 24.3 Å². The van der Waals surface area contributed by atoms with Crippen LogP contribution in [0.2, 0.25) is 0 Å². The van der Waals surface area contributed by atoms with Crippen molar-refractivity contribution >= 4 is 34.1 Å². The van der Waals surface area contributed by atoms with Gasteiger partial charge in [-0.3, -0.25) is 9.48 Å². The number of aromatic nitrogens is 3. The van der Waals surface area contributed by atoms with Crippen molar-refractivity contribution in [3.8, 4) is 0 Å². The molecule has 0 aliphatic heterocycles. The first-order chi connectivity index (χ1) is 14.9. The summed E-state index contributed by atoms with van der Waals surface area (Å²) in [6.07, 6.45) is 3.70. The van der Waals surface area contributed by atoms with Crippen LogP contribution in [0.5, 0.6) is 0 Å². The number of amides is 1. The fourth-order valence-corrected chi connectivity index (χ4v) is 3.98. The molecule has 0 spiro atoms. The zero-order valence-electron chi connectivity index (χ0n) is 17.2. The van der Waals surface area contributed by atoms with Crippen LogP contribution >= 0.6 is 0 Å². The summed E-state index contributed by atoms with van der Waals surface area (Å²) in [6.45, 7) is 2.34. The molecule has 8 nitrogen and oxygen atoms in total. The van der Waals surface area contributed by atoms with Gasteiger partial charge in [0.15, 0.2) is 11.6 Å². The molecule has 6 N–H and O–H groups in total. The van der Waals surface area contributed by atoms with Crippen molar-refractivity contribution in [2.75, 3.05) is 10.6 Å². The third kappa shape index (κ3) is 4.15. The molecule has 1 saturated carbocycles. The summed E-state index contributed by atoms with van der Waals surface area (Å²) < 4.78 is 30.2. The van der Waals surface area contributed by atoms with E-state index in [9.17, 15) is 13.6 Å². The van der Waals surface area contributed by atoms with E-state index in [0.717, 1.165) is 31.7 Å². The molecule has 1 amide bonds. The van der Waals surface area contributed by atoms with Gasteiger partial charge in [-0.05, 0) is 44.0 Å². The summed E-state index contributed by atoms with van der Waals surface area (Å²) in [4.78, 5) is 16.2. The molecule has 1 aliphatic rings. The van der Waals surface area contributed by atoms with Crippen LogP contribution in [0.4, 0.5) is 26.1 Å². The Morgan fingerprint density at radius 1 is 1.23 bits per heavy atom. The zero-order valence-corrected chi connectivity index (χ0v) is 17.2. The van der Waals surface area contributed by atoms with Crippen LogP contribution in [0.3, 0.4) is 0 Å². The fourth-order valence-electron chi connectivity index (χ4n) is 3.98. The minimum absolute atomic E-state index is 0.000530. The number of hydrogen-bond acceptors (Lipinski definition) is 6. The molecule has 10 heteroatoms. The number of rotatable bonds is 6. The van der Waals surface area contributed by atoms with Gasteiger partial charge < -0.3 is 22.1 Å². The Morgan fingerprint density at radius 2 is 2.00 bits per heavy atom. The molecule has 31 heavy (non-hydrogen) atoms. The smallest absolute Gasteiger partial charge is 0.252 e. The van der Waals surface area contributed by atoms with Crippen LogP contribution in [0.25, 0.3) is 10.9 Å². The number of anilines is 3. The number of nitrogens with one attached hydrogen (secondary N) is 2. The van der Waals surface area contributed by atoms with Crippen LogP contribution in [0.15, 0.2) is 24.3 Å². The van der Waals surface area contributed by atoms with E-state index in [1.807, 2.05) is 6.92 Å². The Morgan fingerprint density at radius 3 is 2.71 bits per heavy atom. The lowest BCUT2D eigenvalue weighted by atomic mass is 9.91. The Bertz CT molecular complexity index is 1130. The van der Waals surface area contributed by atoms with Gasteiger partial charge >= 0.3 is 0 Å². The number of fused-ring (bicyclic) bond motifs is 1. The van der Waals surface area contributed by atoms with Gasteiger partial charge in [0.2, 0.25) is 5.95 Å². The molecule has 0 bridgehead atoms. The summed E-state index contributed by atoms with van der Waals surface area (Å²) >= 11 is 0. The molecule has 4 rings (SSSR count). The van der Waals surface area contributed by atoms with Crippen LogP contribution < -0.4 is 22.1 Å². The number of hydrogen-bond donors (Lipinski definition) is 4. The second-order valence-corrected chi connectivity index (χ2v) is 7.74. The average molecular weight is 429 g/mol. The Kier molecular flexibility index (Phi) is 5.73. The lowest BCUT2D eigenvalue weighted by molar-refractivity contribution is 0.100. The Hall–Kier alpha value is -3.27. The van der Waals surface area contributed by atoms with Crippen molar-refractivity contribution in [2.45, 2.75) is 51.2 Å². The largest absolute Gasteiger partial charge is 0.365 e. The van der Waals surface area contributed by atoms with Crippen molar-refractivity contribution in [3.63, 3.8) is 0 Å². The second-order valence-electron chi connectivity index (χ2n) is 7.74. The lowest BCUT2D eigenvalue weighted by Gasteiger charge is -2.30. The number of nitrogens with zero attached hydrogens (tertiary/aromatic N) is 3. The molecule has 1 aromatic carbocycles. The molecule has 1 aliphatic carbocycles. The highest BCUT2D eigenvalue weighted by Crippen LogP contribution is 2.28. The maximum absolute atomic E-state index is 14.7. The molecule has 0 saturated heterocycles. The van der Waals surface area contributed by atoms with E-state index in [0.29, 0.717) is 23.1 Å². The number of pyridine rings is 1. The van der Waals surface area contributed by atoms with Crippen LogP contribution in [0, 0.1) is 11.8 Å². The van der Waals surface area contributed by atoms with Gasteiger partial charge in [-0.15, -0.1) is 5.10 Å². The molecular formula is C21H25F2N7O. The standard InChI is InChI=1S/C21H25F2N7O/c1-2-30-17-9-11(7-8-12(17)18(23)29-30)26-20-13(19(25)31)10-14(22)21(28-20)27-16-6-4-3-5-15(16)24/h7-10,15-16H,2-6,24H2,1H3,(H2,25,31)(H2,26,27,28). The highest BCUT2D eigenvalue weighted by Gasteiger charge is 2.24. The first kappa shape index (κ1) is 21.0. The Labute approximate surface area is 178 Å². The maximum Gasteiger partial charge on any atom is 0.252 e. The van der Waals surface area contributed by atoms with Crippen molar-refractivity contribution in [1.82, 2.24) is 14.8 Å². The van der Waals surface area contributed by atoms with E-state index in [1.165, 1.54) is 4.68 Å². The second kappa shape index (κ2) is 8.46. The molecule has 1 fully saturated rings. The lowest BCUT2D eigenvalue weighted by Crippen LogP contribution is -2.43. The van der Waals surface area contributed by atoms with E-state index in [2.05, 4.69) is 20.7 Å². The van der Waals surface area contributed by atoms with Gasteiger partial charge in [0.05, 0.1) is 16.5 Å². The fraction of sp³-hybridized carbons (Fsp3) is 0.381. The van der Waals surface area contributed by atoms with Crippen molar-refractivity contribution in [2.24, 2.45) is 11.5 Å². The van der Waals surface area contributed by atoms with Gasteiger partial charge in [0.25, 0.3) is 5.91 Å². The molecule has 2 aromatic heterocycles. The summed E-state index contributed by atoms with van der Waals surface area (Å²) in [5.74, 6) is -1.96. The van der Waals surface area contributed by atoms with Gasteiger partial charge in [-0.25, -0.2) is 9.37 Å². The number of primary amides is 1. The van der Waals surface area contributed by atoms with Crippen molar-refractivity contribution < 1.29 is 13.6 Å². The molecule has 2 unspecified atom stereocenters. The maximum atomic E-state index is 14.7. The molecule has 164 valence electrons. The summed E-state index contributed by atoms with van der Waals surface area (Å²) in [7, 11) is 0. The Balaban J connectivity index is 1.69. The summed E-state index contributed by atoms with van der Waals surface area (Å²) in [5.41, 5.74) is 12.6. The van der Waals surface area contributed by atoms with Crippen LogP contribution in [0.1, 0.15) is 43.0 Å². The summed E-state index contributed by atoms with van der Waals surface area (Å²) in [6, 6.07) is 5.75. The zero-order chi connectivity index (χ0) is 22.1. The number of carbonyl (C=O) groups excluding carboxylic acids is 1. The van der Waals surface area contributed by atoms with Crippen LogP contribution in [-0.2, 0) is 6.54 Å².